The molecule has 1 rings (SSSR count). The van der Waals surface area contributed by atoms with E-state index >= 15 is 0 Å². The van der Waals surface area contributed by atoms with E-state index < -0.39 is 21.1 Å². The number of hydrogen-bond donors (Lipinski definition) is 1. The van der Waals surface area contributed by atoms with Gasteiger partial charge in [0.1, 0.15) is 4.90 Å². The normalized spacial score (nSPS) is 11.4. The molecule has 0 unspecified atom stereocenters. The SMILES string of the molecule is Cc1cc(C(=O)O)cc(C)c1S(=O)(=O)F. The first-order valence-corrected chi connectivity index (χ1v) is 5.41. The van der Waals surface area contributed by atoms with E-state index in [4.69, 9.17) is 5.11 Å². The fourth-order valence-electron chi connectivity index (χ4n) is 1.46. The van der Waals surface area contributed by atoms with Crippen LogP contribution in [0, 0.1) is 13.8 Å². The second-order valence-corrected chi connectivity index (χ2v) is 4.47. The highest BCUT2D eigenvalue weighted by Crippen LogP contribution is 2.23. The summed E-state index contributed by atoms with van der Waals surface area (Å²) >= 11 is 0. The Balaban J connectivity index is 3.55. The van der Waals surface area contributed by atoms with Crippen LogP contribution in [-0.4, -0.2) is 19.5 Å². The van der Waals surface area contributed by atoms with Crippen molar-refractivity contribution in [1.82, 2.24) is 0 Å². The van der Waals surface area contributed by atoms with Gasteiger partial charge in [-0.2, -0.15) is 8.42 Å². The highest BCUT2D eigenvalue weighted by atomic mass is 32.3. The average molecular weight is 232 g/mol. The van der Waals surface area contributed by atoms with E-state index in [1.54, 1.807) is 0 Å². The molecule has 1 aromatic carbocycles. The van der Waals surface area contributed by atoms with Gasteiger partial charge in [-0.25, -0.2) is 4.79 Å². The third-order valence-electron chi connectivity index (χ3n) is 1.95. The van der Waals surface area contributed by atoms with Crippen molar-refractivity contribution in [2.45, 2.75) is 18.7 Å². The molecule has 82 valence electrons. The van der Waals surface area contributed by atoms with E-state index in [9.17, 15) is 17.1 Å². The van der Waals surface area contributed by atoms with E-state index in [-0.39, 0.29) is 16.7 Å². The van der Waals surface area contributed by atoms with Crippen molar-refractivity contribution < 1.29 is 22.2 Å². The maximum atomic E-state index is 12.8. The highest BCUT2D eigenvalue weighted by Gasteiger charge is 2.20. The molecule has 0 spiro atoms. The van der Waals surface area contributed by atoms with Crippen molar-refractivity contribution in [2.24, 2.45) is 0 Å². The maximum Gasteiger partial charge on any atom is 0.335 e. The lowest BCUT2D eigenvalue weighted by Gasteiger charge is -2.06. The summed E-state index contributed by atoms with van der Waals surface area (Å²) < 4.78 is 34.3. The van der Waals surface area contributed by atoms with E-state index in [2.05, 4.69) is 0 Å². The van der Waals surface area contributed by atoms with Gasteiger partial charge in [-0.05, 0) is 37.1 Å². The first kappa shape index (κ1) is 11.6. The number of aromatic carboxylic acids is 1. The second kappa shape index (κ2) is 3.62. The minimum atomic E-state index is -4.80. The van der Waals surface area contributed by atoms with Crippen LogP contribution < -0.4 is 0 Å². The Morgan fingerprint density at radius 1 is 1.27 bits per heavy atom. The molecule has 15 heavy (non-hydrogen) atoms. The number of carbonyl (C=O) groups is 1. The number of hydrogen-bond acceptors (Lipinski definition) is 3. The molecule has 0 heterocycles. The van der Waals surface area contributed by atoms with Gasteiger partial charge in [0.15, 0.2) is 0 Å². The van der Waals surface area contributed by atoms with Crippen LogP contribution in [0.3, 0.4) is 0 Å². The molecular weight excluding hydrogens is 223 g/mol. The second-order valence-electron chi connectivity index (χ2n) is 3.18. The smallest absolute Gasteiger partial charge is 0.335 e. The van der Waals surface area contributed by atoms with Crippen LogP contribution in [0.4, 0.5) is 3.89 Å². The van der Waals surface area contributed by atoms with Gasteiger partial charge < -0.3 is 5.11 Å². The Bertz CT molecular complexity index is 496. The zero-order valence-corrected chi connectivity index (χ0v) is 8.93. The van der Waals surface area contributed by atoms with E-state index in [0.29, 0.717) is 0 Å². The molecule has 6 heteroatoms. The summed E-state index contributed by atoms with van der Waals surface area (Å²) in [5, 5.41) is 8.68. The van der Waals surface area contributed by atoms with Gasteiger partial charge in [-0.3, -0.25) is 0 Å². The third kappa shape index (κ3) is 2.33. The summed E-state index contributed by atoms with van der Waals surface area (Å²) in [6.45, 7) is 2.71. The zero-order chi connectivity index (χ0) is 11.8. The van der Waals surface area contributed by atoms with Gasteiger partial charge in [0.25, 0.3) is 0 Å². The lowest BCUT2D eigenvalue weighted by Crippen LogP contribution is -2.04. The van der Waals surface area contributed by atoms with Crippen LogP contribution in [0.2, 0.25) is 0 Å². The monoisotopic (exact) mass is 232 g/mol. The fourth-order valence-corrected chi connectivity index (χ4v) is 2.35. The molecule has 0 radical (unpaired) electrons. The van der Waals surface area contributed by atoms with Crippen molar-refractivity contribution in [1.29, 1.82) is 0 Å². The van der Waals surface area contributed by atoms with Crippen molar-refractivity contribution in [2.75, 3.05) is 0 Å². The quantitative estimate of drug-likeness (QED) is 0.787. The molecular formula is C9H9FO4S. The molecule has 0 saturated heterocycles. The van der Waals surface area contributed by atoms with Crippen LogP contribution in [0.1, 0.15) is 21.5 Å². The number of carboxylic acids is 1. The first-order chi connectivity index (χ1) is 6.73. The first-order valence-electron chi connectivity index (χ1n) is 4.02. The standard InChI is InChI=1S/C9H9FO4S/c1-5-3-7(9(11)12)4-6(2)8(5)15(10,13)14/h3-4H,1-2H3,(H,11,12). The molecule has 0 fully saturated rings. The van der Waals surface area contributed by atoms with Gasteiger partial charge in [0.2, 0.25) is 0 Å². The molecule has 0 aliphatic heterocycles. The Labute approximate surface area is 86.6 Å². The van der Waals surface area contributed by atoms with Crippen LogP contribution in [0.5, 0.6) is 0 Å². The maximum absolute atomic E-state index is 12.8. The molecule has 0 bridgehead atoms. The summed E-state index contributed by atoms with van der Waals surface area (Å²) in [7, 11) is -4.80. The summed E-state index contributed by atoms with van der Waals surface area (Å²) in [5.74, 6) is -1.18. The van der Waals surface area contributed by atoms with Crippen molar-refractivity contribution in [3.63, 3.8) is 0 Å². The molecule has 0 aliphatic rings. The van der Waals surface area contributed by atoms with Gasteiger partial charge >= 0.3 is 16.2 Å². The zero-order valence-electron chi connectivity index (χ0n) is 8.11. The molecule has 1 aromatic rings. The molecule has 0 amide bonds. The predicted octanol–water partition coefficient (Wildman–Crippen LogP) is 1.66. The van der Waals surface area contributed by atoms with Crippen molar-refractivity contribution in [3.8, 4) is 0 Å². The Morgan fingerprint density at radius 3 is 1.93 bits per heavy atom. The van der Waals surface area contributed by atoms with Crippen LogP contribution in [-0.2, 0) is 10.2 Å². The highest BCUT2D eigenvalue weighted by molar-refractivity contribution is 7.86. The summed E-state index contributed by atoms with van der Waals surface area (Å²) in [4.78, 5) is 10.2. The van der Waals surface area contributed by atoms with Gasteiger partial charge in [-0.1, -0.05) is 0 Å². The largest absolute Gasteiger partial charge is 0.478 e. The minimum absolute atomic E-state index is 0.0580. The third-order valence-corrected chi connectivity index (χ3v) is 3.08. The minimum Gasteiger partial charge on any atom is -0.478 e. The fraction of sp³-hybridized carbons (Fsp3) is 0.222. The molecule has 1 N–H and O–H groups in total. The van der Waals surface area contributed by atoms with Gasteiger partial charge in [0.05, 0.1) is 5.56 Å². The number of rotatable bonds is 2. The van der Waals surface area contributed by atoms with Crippen LogP contribution >= 0.6 is 0 Å². The molecule has 4 nitrogen and oxygen atoms in total. The topological polar surface area (TPSA) is 71.4 Å². The molecule has 0 aliphatic carbocycles. The summed E-state index contributed by atoms with van der Waals surface area (Å²) in [6, 6.07) is 2.25. The average Bonchev–Trinajstić information content (AvgIpc) is 1.99. The molecule has 0 saturated carbocycles. The van der Waals surface area contributed by atoms with E-state index in [1.165, 1.54) is 13.8 Å². The van der Waals surface area contributed by atoms with Crippen molar-refractivity contribution in [3.05, 3.63) is 28.8 Å². The van der Waals surface area contributed by atoms with Crippen LogP contribution in [0.15, 0.2) is 17.0 Å². The number of benzene rings is 1. The van der Waals surface area contributed by atoms with E-state index in [0.717, 1.165) is 12.1 Å². The number of aryl methyl sites for hydroxylation is 2. The lowest BCUT2D eigenvalue weighted by molar-refractivity contribution is 0.0696. The van der Waals surface area contributed by atoms with Gasteiger partial charge in [0, 0.05) is 0 Å². The summed E-state index contributed by atoms with van der Waals surface area (Å²) in [5.41, 5.74) is 0.127. The van der Waals surface area contributed by atoms with Crippen LogP contribution in [0.25, 0.3) is 0 Å². The Hall–Kier alpha value is -1.43. The van der Waals surface area contributed by atoms with Crippen molar-refractivity contribution >= 4 is 16.2 Å². The lowest BCUT2D eigenvalue weighted by atomic mass is 10.1. The van der Waals surface area contributed by atoms with E-state index in [1.807, 2.05) is 0 Å². The molecule has 0 aromatic heterocycles. The Morgan fingerprint density at radius 2 is 1.67 bits per heavy atom. The number of carboxylic acid groups (broad SMARTS) is 1. The number of halogens is 1. The Kier molecular flexibility index (Phi) is 2.81. The summed E-state index contributed by atoms with van der Waals surface area (Å²) in [6.07, 6.45) is 0. The molecule has 0 atom stereocenters. The van der Waals surface area contributed by atoms with Gasteiger partial charge in [-0.15, -0.1) is 3.89 Å². The predicted molar refractivity (Wildman–Crippen MR) is 51.2 cm³/mol.